The molecule has 0 radical (unpaired) electrons. The van der Waals surface area contributed by atoms with Crippen LogP contribution < -0.4 is 0 Å². The third kappa shape index (κ3) is 5.08. The molecule has 0 bridgehead atoms. The predicted octanol–water partition coefficient (Wildman–Crippen LogP) is -0.543. The van der Waals surface area contributed by atoms with Crippen LogP contribution in [0.25, 0.3) is 0 Å². The van der Waals surface area contributed by atoms with Crippen molar-refractivity contribution in [2.75, 3.05) is 20.0 Å². The number of methoxy groups -OCH3 is 2. The van der Waals surface area contributed by atoms with Crippen LogP contribution in [0.5, 0.6) is 0 Å². The maximum absolute atomic E-state index is 11.1. The Morgan fingerprint density at radius 1 is 1.19 bits per heavy atom. The van der Waals surface area contributed by atoms with Crippen LogP contribution in [-0.2, 0) is 33.4 Å². The first-order chi connectivity index (χ1) is 7.36. The summed E-state index contributed by atoms with van der Waals surface area (Å²) in [5.74, 6) is -2.01. The van der Waals surface area contributed by atoms with Gasteiger partial charge in [-0.1, -0.05) is 0 Å². The van der Waals surface area contributed by atoms with Crippen LogP contribution in [0, 0.1) is 0 Å². The summed E-state index contributed by atoms with van der Waals surface area (Å²) < 4.78 is 35.4. The molecule has 0 heterocycles. The van der Waals surface area contributed by atoms with Crippen molar-refractivity contribution in [1.29, 1.82) is 0 Å². The van der Waals surface area contributed by atoms with Crippen LogP contribution >= 0.6 is 0 Å². The molecule has 0 saturated heterocycles. The average molecular weight is 254 g/mol. The fourth-order valence-corrected chi connectivity index (χ4v) is 1.40. The molecule has 7 nitrogen and oxygen atoms in total. The summed E-state index contributed by atoms with van der Waals surface area (Å²) in [4.78, 5) is 22.0. The lowest BCUT2D eigenvalue weighted by Crippen LogP contribution is -2.31. The molecule has 94 valence electrons. The average Bonchev–Trinajstić information content (AvgIpc) is 2.26. The highest BCUT2D eigenvalue weighted by Crippen LogP contribution is 2.07. The fourth-order valence-electron chi connectivity index (χ4n) is 0.768. The zero-order chi connectivity index (χ0) is 12.8. The van der Waals surface area contributed by atoms with Gasteiger partial charge in [0.2, 0.25) is 0 Å². The Kier molecular flexibility index (Phi) is 5.97. The molecule has 0 amide bonds. The van der Waals surface area contributed by atoms with E-state index >= 15 is 0 Å². The second kappa shape index (κ2) is 6.44. The molecule has 0 aromatic carbocycles. The third-order valence-electron chi connectivity index (χ3n) is 1.66. The number of hydrogen-bond donors (Lipinski definition) is 0. The molecule has 0 spiro atoms. The van der Waals surface area contributed by atoms with Crippen LogP contribution in [0.2, 0.25) is 0 Å². The molecule has 8 heteroatoms. The van der Waals surface area contributed by atoms with Gasteiger partial charge in [-0.05, 0) is 6.92 Å². The van der Waals surface area contributed by atoms with Gasteiger partial charge in [0.15, 0.2) is 6.10 Å². The van der Waals surface area contributed by atoms with Gasteiger partial charge in [0, 0.05) is 0 Å². The molecule has 0 aliphatic heterocycles. The largest absolute Gasteiger partial charge is 0.469 e. The fraction of sp³-hybridized carbons (Fsp3) is 0.750. The zero-order valence-electron chi connectivity index (χ0n) is 9.26. The summed E-state index contributed by atoms with van der Waals surface area (Å²) in [7, 11) is -1.66. The Bertz CT molecular complexity index is 345. The van der Waals surface area contributed by atoms with Gasteiger partial charge in [-0.2, -0.15) is 8.42 Å². The summed E-state index contributed by atoms with van der Waals surface area (Å²) in [5, 5.41) is 0. The molecule has 0 aliphatic rings. The first-order valence-electron chi connectivity index (χ1n) is 4.41. The minimum absolute atomic E-state index is 0.304. The van der Waals surface area contributed by atoms with Gasteiger partial charge in [-0.3, -0.25) is 8.98 Å². The zero-order valence-corrected chi connectivity index (χ0v) is 10.1. The van der Waals surface area contributed by atoms with Crippen LogP contribution in [0.3, 0.4) is 0 Å². The van der Waals surface area contributed by atoms with E-state index in [2.05, 4.69) is 13.7 Å². The molecular formula is C8H14O7S. The molecule has 0 rings (SSSR count). The number of carbonyl (C=O) groups excluding carboxylic acids is 2. The number of rotatable bonds is 6. The van der Waals surface area contributed by atoms with Crippen molar-refractivity contribution in [3.63, 3.8) is 0 Å². The quantitative estimate of drug-likeness (QED) is 0.463. The Labute approximate surface area is 93.8 Å². The van der Waals surface area contributed by atoms with Crippen molar-refractivity contribution >= 4 is 22.1 Å². The molecule has 0 aromatic rings. The van der Waals surface area contributed by atoms with E-state index < -0.39 is 34.6 Å². The van der Waals surface area contributed by atoms with Crippen molar-refractivity contribution in [3.05, 3.63) is 0 Å². The first kappa shape index (κ1) is 14.8. The maximum Gasteiger partial charge on any atom is 0.337 e. The molecule has 0 N–H and O–H groups in total. The van der Waals surface area contributed by atoms with E-state index in [0.29, 0.717) is 0 Å². The lowest BCUT2D eigenvalue weighted by atomic mass is 10.2. The number of esters is 2. The summed E-state index contributed by atoms with van der Waals surface area (Å²) in [6.45, 7) is 1.35. The van der Waals surface area contributed by atoms with E-state index in [1.54, 1.807) is 0 Å². The second-order valence-corrected chi connectivity index (χ2v) is 4.62. The molecule has 0 unspecified atom stereocenters. The van der Waals surface area contributed by atoms with Crippen molar-refractivity contribution in [2.24, 2.45) is 0 Å². The van der Waals surface area contributed by atoms with Crippen LogP contribution in [0.15, 0.2) is 0 Å². The topological polar surface area (TPSA) is 96.0 Å². The number of ether oxygens (including phenoxy) is 2. The minimum atomic E-state index is -3.84. The summed E-state index contributed by atoms with van der Waals surface area (Å²) in [6, 6.07) is 0. The Balaban J connectivity index is 4.69. The Morgan fingerprint density at radius 2 is 1.75 bits per heavy atom. The maximum atomic E-state index is 11.1. The van der Waals surface area contributed by atoms with Gasteiger partial charge < -0.3 is 9.47 Å². The van der Waals surface area contributed by atoms with E-state index in [4.69, 9.17) is 0 Å². The van der Waals surface area contributed by atoms with E-state index in [-0.39, 0.29) is 5.75 Å². The number of carbonyl (C=O) groups is 2. The molecule has 0 aromatic heterocycles. The molecule has 0 saturated carbocycles. The Morgan fingerprint density at radius 3 is 2.12 bits per heavy atom. The number of hydrogen-bond acceptors (Lipinski definition) is 7. The summed E-state index contributed by atoms with van der Waals surface area (Å²) in [5.41, 5.74) is 0. The third-order valence-corrected chi connectivity index (χ3v) is 2.89. The summed E-state index contributed by atoms with van der Waals surface area (Å²) >= 11 is 0. The van der Waals surface area contributed by atoms with Gasteiger partial charge in [-0.25, -0.2) is 4.79 Å². The molecule has 0 aliphatic carbocycles. The van der Waals surface area contributed by atoms with Crippen molar-refractivity contribution in [1.82, 2.24) is 0 Å². The van der Waals surface area contributed by atoms with E-state index in [1.165, 1.54) is 6.92 Å². The van der Waals surface area contributed by atoms with Crippen molar-refractivity contribution < 1.29 is 31.7 Å². The van der Waals surface area contributed by atoms with Gasteiger partial charge in [-0.15, -0.1) is 0 Å². The smallest absolute Gasteiger partial charge is 0.337 e. The molecule has 0 fully saturated rings. The van der Waals surface area contributed by atoms with E-state index in [0.717, 1.165) is 14.2 Å². The first-order valence-corrected chi connectivity index (χ1v) is 5.99. The normalized spacial score (nSPS) is 12.9. The van der Waals surface area contributed by atoms with Crippen LogP contribution in [-0.4, -0.2) is 46.4 Å². The lowest BCUT2D eigenvalue weighted by Gasteiger charge is -2.13. The SMILES string of the molecule is CCS(=O)(=O)O[C@H](CC(=O)OC)C(=O)OC. The van der Waals surface area contributed by atoms with Gasteiger partial charge in [0.05, 0.1) is 26.4 Å². The molecule has 16 heavy (non-hydrogen) atoms. The Hall–Kier alpha value is -1.15. The monoisotopic (exact) mass is 254 g/mol. The minimum Gasteiger partial charge on any atom is -0.469 e. The van der Waals surface area contributed by atoms with E-state index in [1.807, 2.05) is 0 Å². The van der Waals surface area contributed by atoms with Crippen LogP contribution in [0.1, 0.15) is 13.3 Å². The predicted molar refractivity (Wildman–Crippen MR) is 53.0 cm³/mol. The molecular weight excluding hydrogens is 240 g/mol. The second-order valence-electron chi connectivity index (χ2n) is 2.73. The molecule has 1 atom stereocenters. The van der Waals surface area contributed by atoms with Crippen molar-refractivity contribution in [2.45, 2.75) is 19.4 Å². The van der Waals surface area contributed by atoms with Gasteiger partial charge in [0.25, 0.3) is 10.1 Å². The summed E-state index contributed by atoms with van der Waals surface area (Å²) in [6.07, 6.45) is -2.01. The lowest BCUT2D eigenvalue weighted by molar-refractivity contribution is -0.155. The van der Waals surface area contributed by atoms with E-state index in [9.17, 15) is 18.0 Å². The highest BCUT2D eigenvalue weighted by Gasteiger charge is 2.29. The van der Waals surface area contributed by atoms with Gasteiger partial charge >= 0.3 is 11.9 Å². The standard InChI is InChI=1S/C8H14O7S/c1-4-16(11,12)15-6(8(10)14-3)5-7(9)13-2/h6H,4-5H2,1-3H3/t6-/m1/s1. The van der Waals surface area contributed by atoms with Crippen LogP contribution in [0.4, 0.5) is 0 Å². The highest BCUT2D eigenvalue weighted by atomic mass is 32.2. The van der Waals surface area contributed by atoms with Gasteiger partial charge in [0.1, 0.15) is 0 Å². The highest BCUT2D eigenvalue weighted by molar-refractivity contribution is 7.86. The van der Waals surface area contributed by atoms with Crippen molar-refractivity contribution in [3.8, 4) is 0 Å².